The zero-order valence-corrected chi connectivity index (χ0v) is 14.4. The zero-order valence-electron chi connectivity index (χ0n) is 14.4. The van der Waals surface area contributed by atoms with Gasteiger partial charge in [-0.25, -0.2) is 4.98 Å². The van der Waals surface area contributed by atoms with Crippen molar-refractivity contribution >= 4 is 22.5 Å². The van der Waals surface area contributed by atoms with Gasteiger partial charge in [0.15, 0.2) is 11.5 Å². The Kier molecular flexibility index (Phi) is 4.92. The minimum atomic E-state index is -4.80. The maximum absolute atomic E-state index is 13.0. The number of alkyl halides is 5. The molecule has 148 valence electrons. The molecule has 1 N–H and O–H groups in total. The third-order valence-electron chi connectivity index (χ3n) is 3.84. The van der Waals surface area contributed by atoms with Gasteiger partial charge in [0.05, 0.1) is 0 Å². The summed E-state index contributed by atoms with van der Waals surface area (Å²) in [5.41, 5.74) is -1.21. The number of pyridine rings is 1. The molecule has 1 aromatic carbocycles. The summed E-state index contributed by atoms with van der Waals surface area (Å²) < 4.78 is 73.3. The molecule has 0 saturated heterocycles. The van der Waals surface area contributed by atoms with Gasteiger partial charge in [-0.05, 0) is 38.1 Å². The molecule has 0 radical (unpaired) electrons. The second-order valence-electron chi connectivity index (χ2n) is 5.73. The van der Waals surface area contributed by atoms with Crippen molar-refractivity contribution in [3.63, 3.8) is 0 Å². The van der Waals surface area contributed by atoms with Crippen LogP contribution >= 0.6 is 0 Å². The van der Waals surface area contributed by atoms with E-state index >= 15 is 0 Å². The molecule has 2 heterocycles. The Balaban J connectivity index is 2.12. The van der Waals surface area contributed by atoms with Crippen molar-refractivity contribution in [3.05, 3.63) is 47.0 Å². The van der Waals surface area contributed by atoms with E-state index < -0.39 is 35.7 Å². The number of nitrogens with one attached hydrogen (secondary N) is 1. The fourth-order valence-electron chi connectivity index (χ4n) is 2.58. The molecule has 3 rings (SSSR count). The van der Waals surface area contributed by atoms with Gasteiger partial charge in [-0.2, -0.15) is 22.0 Å². The smallest absolute Gasteiger partial charge is 0.432 e. The number of carbonyl (C=O) groups is 1. The quantitative estimate of drug-likeness (QED) is 0.641. The highest BCUT2D eigenvalue weighted by Crippen LogP contribution is 2.34. The van der Waals surface area contributed by atoms with E-state index in [4.69, 9.17) is 4.52 Å². The Labute approximate surface area is 154 Å². The molecule has 0 aliphatic rings. The number of aryl methyl sites for hydroxylation is 2. The maximum Gasteiger partial charge on any atom is 0.433 e. The van der Waals surface area contributed by atoms with E-state index in [-0.39, 0.29) is 10.9 Å². The van der Waals surface area contributed by atoms with Gasteiger partial charge in [-0.1, -0.05) is 5.16 Å². The van der Waals surface area contributed by atoms with Crippen LogP contribution in [0.25, 0.3) is 10.9 Å². The van der Waals surface area contributed by atoms with Crippen molar-refractivity contribution < 1.29 is 36.0 Å². The Bertz CT molecular complexity index is 1030. The molecule has 28 heavy (non-hydrogen) atoms. The van der Waals surface area contributed by atoms with E-state index in [2.05, 4.69) is 20.2 Å². The number of hydrogen-bond donors (Lipinski definition) is 1. The standard InChI is InChI=1S/C17H12F5N3O3/c1-7-13(8(2)28-25-7)24-15(26)10-3-5-11(27-16(18)19)14-9(10)4-6-12(23-14)17(20,21)22/h3-6,16H,1-2H3,(H,24,26). The predicted octanol–water partition coefficient (Wildman–Crippen LogP) is 4.71. The van der Waals surface area contributed by atoms with E-state index in [9.17, 15) is 26.7 Å². The van der Waals surface area contributed by atoms with Gasteiger partial charge in [0.1, 0.15) is 22.6 Å². The van der Waals surface area contributed by atoms with E-state index in [0.717, 1.165) is 18.2 Å². The van der Waals surface area contributed by atoms with Crippen LogP contribution in [0.3, 0.4) is 0 Å². The average molecular weight is 401 g/mol. The van der Waals surface area contributed by atoms with Gasteiger partial charge < -0.3 is 14.6 Å². The summed E-state index contributed by atoms with van der Waals surface area (Å²) in [5.74, 6) is -0.958. The number of carbonyl (C=O) groups excluding carboxylic acids is 1. The number of benzene rings is 1. The molecular formula is C17H12F5N3O3. The molecule has 0 fully saturated rings. The topological polar surface area (TPSA) is 77.2 Å². The third kappa shape index (κ3) is 3.73. The minimum absolute atomic E-state index is 0.0853. The minimum Gasteiger partial charge on any atom is -0.432 e. The van der Waals surface area contributed by atoms with Crippen LogP contribution in [0.1, 0.15) is 27.5 Å². The van der Waals surface area contributed by atoms with Crippen LogP contribution < -0.4 is 10.1 Å². The fourth-order valence-corrected chi connectivity index (χ4v) is 2.58. The summed E-state index contributed by atoms with van der Waals surface area (Å²) >= 11 is 0. The molecule has 11 heteroatoms. The molecular weight excluding hydrogens is 389 g/mol. The van der Waals surface area contributed by atoms with Crippen molar-refractivity contribution in [3.8, 4) is 5.75 Å². The van der Waals surface area contributed by atoms with Crippen LogP contribution in [0.5, 0.6) is 5.75 Å². The number of fused-ring (bicyclic) bond motifs is 1. The summed E-state index contributed by atoms with van der Waals surface area (Å²) in [6, 6.07) is 3.75. The van der Waals surface area contributed by atoms with Crippen molar-refractivity contribution in [2.24, 2.45) is 0 Å². The van der Waals surface area contributed by atoms with Crippen molar-refractivity contribution in [1.29, 1.82) is 0 Å². The second-order valence-corrected chi connectivity index (χ2v) is 5.73. The number of amides is 1. The summed E-state index contributed by atoms with van der Waals surface area (Å²) in [7, 11) is 0. The van der Waals surface area contributed by atoms with E-state index in [1.54, 1.807) is 13.8 Å². The highest BCUT2D eigenvalue weighted by molar-refractivity contribution is 6.13. The summed E-state index contributed by atoms with van der Waals surface area (Å²) in [5, 5.41) is 6.13. The Morgan fingerprint density at radius 1 is 1.18 bits per heavy atom. The Morgan fingerprint density at radius 3 is 2.46 bits per heavy atom. The highest BCUT2D eigenvalue weighted by Gasteiger charge is 2.33. The number of nitrogens with zero attached hydrogens (tertiary/aromatic N) is 2. The third-order valence-corrected chi connectivity index (χ3v) is 3.84. The van der Waals surface area contributed by atoms with E-state index in [1.165, 1.54) is 0 Å². The molecule has 2 aromatic heterocycles. The van der Waals surface area contributed by atoms with Crippen molar-refractivity contribution in [2.75, 3.05) is 5.32 Å². The lowest BCUT2D eigenvalue weighted by Crippen LogP contribution is -2.15. The fraction of sp³-hybridized carbons (Fsp3) is 0.235. The van der Waals surface area contributed by atoms with Gasteiger partial charge in [-0.15, -0.1) is 0 Å². The number of hydrogen-bond acceptors (Lipinski definition) is 5. The Hall–Kier alpha value is -3.24. The summed E-state index contributed by atoms with van der Waals surface area (Å²) in [6.07, 6.45) is -4.80. The number of rotatable bonds is 4. The number of aromatic nitrogens is 2. The van der Waals surface area contributed by atoms with Gasteiger partial charge >= 0.3 is 12.8 Å². The molecule has 0 spiro atoms. The molecule has 0 saturated carbocycles. The predicted molar refractivity (Wildman–Crippen MR) is 87.3 cm³/mol. The van der Waals surface area contributed by atoms with E-state index in [1.807, 2.05) is 0 Å². The number of ether oxygens (including phenoxy) is 1. The van der Waals surface area contributed by atoms with Crippen LogP contribution in [0, 0.1) is 13.8 Å². The molecule has 0 atom stereocenters. The summed E-state index contributed by atoms with van der Waals surface area (Å²) in [4.78, 5) is 16.0. The lowest BCUT2D eigenvalue weighted by atomic mass is 10.1. The second kappa shape index (κ2) is 7.06. The first-order valence-corrected chi connectivity index (χ1v) is 7.78. The maximum atomic E-state index is 13.0. The van der Waals surface area contributed by atoms with Gasteiger partial charge in [-0.3, -0.25) is 4.79 Å². The molecule has 1 amide bonds. The van der Waals surface area contributed by atoms with Crippen LogP contribution in [-0.4, -0.2) is 22.7 Å². The molecule has 0 bridgehead atoms. The van der Waals surface area contributed by atoms with Crippen molar-refractivity contribution in [2.45, 2.75) is 26.6 Å². The van der Waals surface area contributed by atoms with E-state index in [0.29, 0.717) is 23.2 Å². The van der Waals surface area contributed by atoms with Gasteiger partial charge in [0.2, 0.25) is 0 Å². The molecule has 6 nitrogen and oxygen atoms in total. The molecule has 0 aliphatic heterocycles. The normalized spacial score (nSPS) is 11.9. The van der Waals surface area contributed by atoms with Gasteiger partial charge in [0, 0.05) is 10.9 Å². The van der Waals surface area contributed by atoms with Crippen LogP contribution in [0.4, 0.5) is 27.6 Å². The van der Waals surface area contributed by atoms with Crippen LogP contribution in [-0.2, 0) is 6.18 Å². The van der Waals surface area contributed by atoms with Crippen molar-refractivity contribution in [1.82, 2.24) is 10.1 Å². The van der Waals surface area contributed by atoms with Gasteiger partial charge in [0.25, 0.3) is 5.91 Å². The first-order chi connectivity index (χ1) is 13.1. The summed E-state index contributed by atoms with van der Waals surface area (Å²) in [6.45, 7) is -0.132. The molecule has 0 unspecified atom stereocenters. The first kappa shape index (κ1) is 19.5. The molecule has 3 aromatic rings. The first-order valence-electron chi connectivity index (χ1n) is 7.78. The lowest BCUT2D eigenvalue weighted by Gasteiger charge is -2.13. The zero-order chi connectivity index (χ0) is 20.6. The Morgan fingerprint density at radius 2 is 1.89 bits per heavy atom. The SMILES string of the molecule is Cc1noc(C)c1NC(=O)c1ccc(OC(F)F)c2nc(C(F)(F)F)ccc12. The monoisotopic (exact) mass is 401 g/mol. The largest absolute Gasteiger partial charge is 0.433 e. The lowest BCUT2D eigenvalue weighted by molar-refractivity contribution is -0.140. The highest BCUT2D eigenvalue weighted by atomic mass is 19.4. The van der Waals surface area contributed by atoms with Crippen LogP contribution in [0.15, 0.2) is 28.8 Å². The van der Waals surface area contributed by atoms with Crippen LogP contribution in [0.2, 0.25) is 0 Å². The number of halogens is 5. The molecule has 0 aliphatic carbocycles. The number of anilines is 1. The average Bonchev–Trinajstić information content (AvgIpc) is 2.92.